The number of benzene rings is 2. The summed E-state index contributed by atoms with van der Waals surface area (Å²) in [6.07, 6.45) is 0. The predicted octanol–water partition coefficient (Wildman–Crippen LogP) is 5.63. The van der Waals surface area contributed by atoms with Gasteiger partial charge in [0.2, 0.25) is 5.91 Å². The minimum atomic E-state index is -0.633. The van der Waals surface area contributed by atoms with E-state index in [1.165, 1.54) is 11.1 Å². The van der Waals surface area contributed by atoms with Crippen molar-refractivity contribution in [2.45, 2.75) is 50.0 Å². The molecule has 0 radical (unpaired) electrons. The van der Waals surface area contributed by atoms with E-state index in [0.29, 0.717) is 10.8 Å². The lowest BCUT2D eigenvalue weighted by Gasteiger charge is -2.18. The quantitative estimate of drug-likeness (QED) is 0.364. The van der Waals surface area contributed by atoms with Gasteiger partial charge in [0.1, 0.15) is 5.38 Å². The zero-order valence-electron chi connectivity index (χ0n) is 17.3. The molecule has 3 rings (SSSR count). The maximum atomic E-state index is 12.1. The van der Waals surface area contributed by atoms with Crippen LogP contribution in [0, 0.1) is 13.8 Å². The molecule has 2 aromatic carbocycles. The molecule has 0 aliphatic rings. The molecule has 5 nitrogen and oxygen atoms in total. The summed E-state index contributed by atoms with van der Waals surface area (Å²) in [6.45, 7) is 7.61. The molecule has 1 aromatic heterocycles. The summed E-state index contributed by atoms with van der Waals surface area (Å²) in [5.41, 5.74) is 4.38. The highest BCUT2D eigenvalue weighted by Gasteiger charge is 2.23. The maximum absolute atomic E-state index is 12.1. The summed E-state index contributed by atoms with van der Waals surface area (Å²) < 4.78 is 1.97. The fourth-order valence-corrected chi connectivity index (χ4v) is 4.27. The summed E-state index contributed by atoms with van der Waals surface area (Å²) in [5.74, 6) is 1.12. The van der Waals surface area contributed by atoms with Crippen molar-refractivity contribution in [3.63, 3.8) is 0 Å². The molecule has 30 heavy (non-hydrogen) atoms. The van der Waals surface area contributed by atoms with Gasteiger partial charge in [-0.3, -0.25) is 9.36 Å². The van der Waals surface area contributed by atoms with Gasteiger partial charge in [-0.05, 0) is 56.5 Å². The Morgan fingerprint density at radius 3 is 2.57 bits per heavy atom. The number of amides is 1. The molecular weight excluding hydrogens is 439 g/mol. The molecule has 0 saturated carbocycles. The number of thioether (sulfide) groups is 1. The molecule has 0 aliphatic carbocycles. The first-order valence-corrected chi connectivity index (χ1v) is 11.4. The lowest BCUT2D eigenvalue weighted by atomic mass is 10.1. The van der Waals surface area contributed by atoms with Crippen molar-refractivity contribution in [3.05, 3.63) is 70.0 Å². The molecule has 0 aliphatic heterocycles. The second-order valence-electron chi connectivity index (χ2n) is 7.17. The summed E-state index contributed by atoms with van der Waals surface area (Å²) in [5, 5.41) is 12.5. The molecule has 8 heteroatoms. The van der Waals surface area contributed by atoms with Gasteiger partial charge in [-0.25, -0.2) is 0 Å². The molecule has 1 heterocycles. The molecule has 2 atom stereocenters. The Balaban J connectivity index is 2.00. The van der Waals surface area contributed by atoms with E-state index in [9.17, 15) is 4.79 Å². The number of nitrogens with zero attached hydrogens (tertiary/aromatic N) is 3. The van der Waals surface area contributed by atoms with E-state index in [1.54, 1.807) is 18.7 Å². The molecule has 0 fully saturated rings. The molecular formula is C22H24Cl2N4OS. The maximum Gasteiger partial charge on any atom is 0.238 e. The SMILES string of the molecule is Cc1ccccc1CSc1nnc(C(C)NC(=O)C(C)Cl)n1-c1cc(Cl)ccc1C. The Labute approximate surface area is 191 Å². The standard InChI is InChI=1S/C22H24Cl2N4OS/c1-13-7-5-6-8-17(13)12-30-22-27-26-20(16(4)25-21(29)15(3)23)28(22)19-11-18(24)10-9-14(19)2/h5-11,15-16H,12H2,1-4H3,(H,25,29). The van der Waals surface area contributed by atoms with Crippen LogP contribution in [-0.4, -0.2) is 26.0 Å². The topological polar surface area (TPSA) is 59.8 Å². The number of nitrogens with one attached hydrogen (secondary N) is 1. The average molecular weight is 463 g/mol. The van der Waals surface area contributed by atoms with E-state index in [2.05, 4.69) is 34.6 Å². The van der Waals surface area contributed by atoms with Crippen LogP contribution in [0.2, 0.25) is 5.02 Å². The first-order valence-electron chi connectivity index (χ1n) is 9.61. The van der Waals surface area contributed by atoms with Gasteiger partial charge in [-0.1, -0.05) is 53.7 Å². The molecule has 1 N–H and O–H groups in total. The lowest BCUT2D eigenvalue weighted by Crippen LogP contribution is -2.33. The van der Waals surface area contributed by atoms with Crippen molar-refractivity contribution in [2.75, 3.05) is 0 Å². The first-order chi connectivity index (χ1) is 14.3. The summed E-state index contributed by atoms with van der Waals surface area (Å²) >= 11 is 13.8. The Morgan fingerprint density at radius 1 is 1.13 bits per heavy atom. The summed E-state index contributed by atoms with van der Waals surface area (Å²) in [7, 11) is 0. The molecule has 0 spiro atoms. The third kappa shape index (κ3) is 5.17. The minimum Gasteiger partial charge on any atom is -0.345 e. The number of hydrogen-bond donors (Lipinski definition) is 1. The van der Waals surface area contributed by atoms with Crippen molar-refractivity contribution in [1.29, 1.82) is 0 Å². The van der Waals surface area contributed by atoms with Gasteiger partial charge in [0.25, 0.3) is 0 Å². The second kappa shape index (κ2) is 9.86. The third-order valence-electron chi connectivity index (χ3n) is 4.80. The molecule has 158 valence electrons. The van der Waals surface area contributed by atoms with E-state index in [1.807, 2.05) is 48.7 Å². The molecule has 0 bridgehead atoms. The van der Waals surface area contributed by atoms with Crippen LogP contribution in [0.3, 0.4) is 0 Å². The highest BCUT2D eigenvalue weighted by molar-refractivity contribution is 7.98. The molecule has 1 amide bonds. The number of carbonyl (C=O) groups excluding carboxylic acids is 1. The van der Waals surface area contributed by atoms with Crippen molar-refractivity contribution >= 4 is 40.9 Å². The van der Waals surface area contributed by atoms with Crippen LogP contribution in [0.15, 0.2) is 47.6 Å². The van der Waals surface area contributed by atoms with Gasteiger partial charge >= 0.3 is 0 Å². The zero-order chi connectivity index (χ0) is 21.8. The van der Waals surface area contributed by atoms with Crippen LogP contribution < -0.4 is 5.32 Å². The number of aryl methyl sites for hydroxylation is 2. The van der Waals surface area contributed by atoms with E-state index in [4.69, 9.17) is 23.2 Å². The Morgan fingerprint density at radius 2 is 1.87 bits per heavy atom. The molecule has 0 saturated heterocycles. The monoisotopic (exact) mass is 462 g/mol. The number of carbonyl (C=O) groups is 1. The fraction of sp³-hybridized carbons (Fsp3) is 0.318. The third-order valence-corrected chi connectivity index (χ3v) is 6.21. The second-order valence-corrected chi connectivity index (χ2v) is 9.20. The van der Waals surface area contributed by atoms with Crippen molar-refractivity contribution in [2.24, 2.45) is 0 Å². The molecule has 2 unspecified atom stereocenters. The van der Waals surface area contributed by atoms with Crippen LogP contribution in [0.25, 0.3) is 5.69 Å². The summed E-state index contributed by atoms with van der Waals surface area (Å²) in [6, 6.07) is 13.6. The van der Waals surface area contributed by atoms with Crippen molar-refractivity contribution in [3.8, 4) is 5.69 Å². The normalized spacial score (nSPS) is 13.1. The highest BCUT2D eigenvalue weighted by atomic mass is 35.5. The van der Waals surface area contributed by atoms with Crippen molar-refractivity contribution in [1.82, 2.24) is 20.1 Å². The highest BCUT2D eigenvalue weighted by Crippen LogP contribution is 2.31. The van der Waals surface area contributed by atoms with Crippen LogP contribution in [-0.2, 0) is 10.5 Å². The number of alkyl halides is 1. The van der Waals surface area contributed by atoms with Crippen LogP contribution in [0.5, 0.6) is 0 Å². The van der Waals surface area contributed by atoms with Gasteiger partial charge in [-0.15, -0.1) is 21.8 Å². The van der Waals surface area contributed by atoms with Crippen LogP contribution in [0.1, 0.15) is 42.4 Å². The lowest BCUT2D eigenvalue weighted by molar-refractivity contribution is -0.121. The van der Waals surface area contributed by atoms with E-state index >= 15 is 0 Å². The number of aromatic nitrogens is 3. The Bertz CT molecular complexity index is 1050. The summed E-state index contributed by atoms with van der Waals surface area (Å²) in [4.78, 5) is 12.1. The Hall–Kier alpha value is -2.02. The van der Waals surface area contributed by atoms with Gasteiger partial charge in [-0.2, -0.15) is 0 Å². The molecule has 3 aromatic rings. The number of halogens is 2. The van der Waals surface area contributed by atoms with Gasteiger partial charge in [0, 0.05) is 10.8 Å². The largest absolute Gasteiger partial charge is 0.345 e. The first kappa shape index (κ1) is 22.7. The van der Waals surface area contributed by atoms with E-state index in [0.717, 1.165) is 22.2 Å². The van der Waals surface area contributed by atoms with Gasteiger partial charge < -0.3 is 5.32 Å². The predicted molar refractivity (Wildman–Crippen MR) is 124 cm³/mol. The minimum absolute atomic E-state index is 0.254. The van der Waals surface area contributed by atoms with Gasteiger partial charge in [0.05, 0.1) is 11.7 Å². The smallest absolute Gasteiger partial charge is 0.238 e. The Kier molecular flexibility index (Phi) is 7.45. The average Bonchev–Trinajstić information content (AvgIpc) is 3.13. The van der Waals surface area contributed by atoms with Crippen LogP contribution >= 0.6 is 35.0 Å². The van der Waals surface area contributed by atoms with E-state index < -0.39 is 5.38 Å². The van der Waals surface area contributed by atoms with Crippen molar-refractivity contribution < 1.29 is 4.79 Å². The fourth-order valence-electron chi connectivity index (χ4n) is 3.01. The number of hydrogen-bond acceptors (Lipinski definition) is 4. The van der Waals surface area contributed by atoms with Gasteiger partial charge in [0.15, 0.2) is 11.0 Å². The van der Waals surface area contributed by atoms with E-state index in [-0.39, 0.29) is 11.9 Å². The number of rotatable bonds is 7. The zero-order valence-corrected chi connectivity index (χ0v) is 19.6. The van der Waals surface area contributed by atoms with Crippen LogP contribution in [0.4, 0.5) is 0 Å².